The lowest BCUT2D eigenvalue weighted by atomic mass is 10.2. The summed E-state index contributed by atoms with van der Waals surface area (Å²) in [6.07, 6.45) is 0. The highest BCUT2D eigenvalue weighted by atomic mass is 19.1. The molecule has 0 saturated heterocycles. The van der Waals surface area contributed by atoms with Crippen molar-refractivity contribution in [1.82, 2.24) is 0 Å². The standard InChI is InChI=1S/C9H10F2O2/c1-12-5-6-3-4-7(10)9(13-2)8(6)11/h3-4H,5H2,1-2H3. The largest absolute Gasteiger partial charge is 0.491 e. The maximum absolute atomic E-state index is 13.3. The molecule has 1 aromatic rings. The smallest absolute Gasteiger partial charge is 0.190 e. The van der Waals surface area contributed by atoms with Crippen molar-refractivity contribution in [2.24, 2.45) is 0 Å². The van der Waals surface area contributed by atoms with E-state index in [2.05, 4.69) is 4.74 Å². The number of hydrogen-bond donors (Lipinski definition) is 0. The molecule has 0 amide bonds. The third-order valence-electron chi connectivity index (χ3n) is 1.63. The maximum Gasteiger partial charge on any atom is 0.190 e. The molecule has 0 aliphatic heterocycles. The monoisotopic (exact) mass is 188 g/mol. The minimum Gasteiger partial charge on any atom is -0.491 e. The lowest BCUT2D eigenvalue weighted by Gasteiger charge is -2.07. The lowest BCUT2D eigenvalue weighted by Crippen LogP contribution is -1.98. The van der Waals surface area contributed by atoms with Crippen molar-refractivity contribution < 1.29 is 18.3 Å². The first kappa shape index (κ1) is 9.92. The summed E-state index contributed by atoms with van der Waals surface area (Å²) in [5, 5.41) is 0. The van der Waals surface area contributed by atoms with Crippen molar-refractivity contribution in [3.8, 4) is 5.75 Å². The fourth-order valence-electron chi connectivity index (χ4n) is 1.03. The molecule has 0 radical (unpaired) electrons. The molecule has 1 rings (SSSR count). The second-order valence-electron chi connectivity index (χ2n) is 2.49. The van der Waals surface area contributed by atoms with Crippen LogP contribution >= 0.6 is 0 Å². The van der Waals surface area contributed by atoms with Crippen LogP contribution in [0.1, 0.15) is 5.56 Å². The summed E-state index contributed by atoms with van der Waals surface area (Å²) in [6, 6.07) is 2.48. The Kier molecular flexibility index (Phi) is 3.19. The Bertz CT molecular complexity index is 300. The summed E-state index contributed by atoms with van der Waals surface area (Å²) in [7, 11) is 2.66. The van der Waals surface area contributed by atoms with E-state index >= 15 is 0 Å². The summed E-state index contributed by atoms with van der Waals surface area (Å²) in [4.78, 5) is 0. The highest BCUT2D eigenvalue weighted by Gasteiger charge is 2.13. The van der Waals surface area contributed by atoms with Gasteiger partial charge in [0.1, 0.15) is 0 Å². The zero-order valence-corrected chi connectivity index (χ0v) is 7.43. The molecule has 0 spiro atoms. The number of rotatable bonds is 3. The first-order valence-electron chi connectivity index (χ1n) is 3.70. The highest BCUT2D eigenvalue weighted by Crippen LogP contribution is 2.24. The maximum atomic E-state index is 13.3. The van der Waals surface area contributed by atoms with Crippen LogP contribution < -0.4 is 4.74 Å². The average Bonchev–Trinajstić information content (AvgIpc) is 2.11. The van der Waals surface area contributed by atoms with Crippen molar-refractivity contribution >= 4 is 0 Å². The van der Waals surface area contributed by atoms with Gasteiger partial charge in [-0.2, -0.15) is 0 Å². The molecule has 4 heteroatoms. The summed E-state index contributed by atoms with van der Waals surface area (Å²) >= 11 is 0. The number of ether oxygens (including phenoxy) is 2. The molecular formula is C9H10F2O2. The quantitative estimate of drug-likeness (QED) is 0.723. The minimum atomic E-state index is -0.708. The Morgan fingerprint density at radius 2 is 1.92 bits per heavy atom. The normalized spacial score (nSPS) is 10.2. The Morgan fingerprint density at radius 3 is 2.46 bits per heavy atom. The molecule has 2 nitrogen and oxygen atoms in total. The van der Waals surface area contributed by atoms with Gasteiger partial charge in [0, 0.05) is 12.7 Å². The van der Waals surface area contributed by atoms with E-state index in [1.165, 1.54) is 20.3 Å². The van der Waals surface area contributed by atoms with Gasteiger partial charge in [-0.1, -0.05) is 6.07 Å². The Hall–Kier alpha value is -1.16. The van der Waals surface area contributed by atoms with E-state index in [4.69, 9.17) is 4.74 Å². The van der Waals surface area contributed by atoms with Crippen LogP contribution in [0.4, 0.5) is 8.78 Å². The van der Waals surface area contributed by atoms with Crippen molar-refractivity contribution in [3.05, 3.63) is 29.3 Å². The van der Waals surface area contributed by atoms with Crippen LogP contribution in [0, 0.1) is 11.6 Å². The first-order valence-corrected chi connectivity index (χ1v) is 3.70. The van der Waals surface area contributed by atoms with Gasteiger partial charge in [-0.15, -0.1) is 0 Å². The van der Waals surface area contributed by atoms with Crippen molar-refractivity contribution in [2.45, 2.75) is 6.61 Å². The molecule has 0 saturated carbocycles. The van der Waals surface area contributed by atoms with Crippen LogP contribution in [0.2, 0.25) is 0 Å². The van der Waals surface area contributed by atoms with Gasteiger partial charge >= 0.3 is 0 Å². The van der Waals surface area contributed by atoms with E-state index in [9.17, 15) is 8.78 Å². The molecule has 0 fully saturated rings. The molecule has 0 heterocycles. The Morgan fingerprint density at radius 1 is 1.23 bits per heavy atom. The van der Waals surface area contributed by atoms with Crippen LogP contribution in [0.25, 0.3) is 0 Å². The third-order valence-corrected chi connectivity index (χ3v) is 1.63. The van der Waals surface area contributed by atoms with Gasteiger partial charge in [0.25, 0.3) is 0 Å². The van der Waals surface area contributed by atoms with Gasteiger partial charge in [0.15, 0.2) is 17.4 Å². The van der Waals surface area contributed by atoms with Crippen LogP contribution in [0.5, 0.6) is 5.75 Å². The second kappa shape index (κ2) is 4.18. The molecule has 0 bridgehead atoms. The van der Waals surface area contributed by atoms with Crippen LogP contribution in [0.3, 0.4) is 0 Å². The van der Waals surface area contributed by atoms with Crippen molar-refractivity contribution in [2.75, 3.05) is 14.2 Å². The summed E-state index contributed by atoms with van der Waals surface area (Å²) < 4.78 is 35.4. The molecular weight excluding hydrogens is 178 g/mol. The molecule has 0 aromatic heterocycles. The van der Waals surface area contributed by atoms with Crippen LogP contribution in [-0.2, 0) is 11.3 Å². The van der Waals surface area contributed by atoms with Crippen LogP contribution in [0.15, 0.2) is 12.1 Å². The predicted octanol–water partition coefficient (Wildman–Crippen LogP) is 2.12. The van der Waals surface area contributed by atoms with Gasteiger partial charge in [-0.25, -0.2) is 8.78 Å². The summed E-state index contributed by atoms with van der Waals surface area (Å²) in [6.45, 7) is 0.0997. The van der Waals surface area contributed by atoms with E-state index in [-0.39, 0.29) is 17.9 Å². The Labute approximate surface area is 75.1 Å². The molecule has 0 N–H and O–H groups in total. The topological polar surface area (TPSA) is 18.5 Å². The second-order valence-corrected chi connectivity index (χ2v) is 2.49. The predicted molar refractivity (Wildman–Crippen MR) is 43.6 cm³/mol. The Balaban J connectivity index is 3.11. The first-order chi connectivity index (χ1) is 6.20. The number of hydrogen-bond acceptors (Lipinski definition) is 2. The summed E-state index contributed by atoms with van der Waals surface area (Å²) in [5.41, 5.74) is 0.278. The van der Waals surface area contributed by atoms with Crippen molar-refractivity contribution in [3.63, 3.8) is 0 Å². The zero-order chi connectivity index (χ0) is 9.84. The number of benzene rings is 1. The fraction of sp³-hybridized carbons (Fsp3) is 0.333. The molecule has 1 aromatic carbocycles. The van der Waals surface area contributed by atoms with E-state index in [1.807, 2.05) is 0 Å². The number of halogens is 2. The van der Waals surface area contributed by atoms with Crippen molar-refractivity contribution in [1.29, 1.82) is 0 Å². The zero-order valence-electron chi connectivity index (χ0n) is 7.43. The minimum absolute atomic E-state index is 0.0997. The average molecular weight is 188 g/mol. The van der Waals surface area contributed by atoms with E-state index < -0.39 is 11.6 Å². The molecule has 0 aliphatic rings. The van der Waals surface area contributed by atoms with E-state index in [0.717, 1.165) is 6.07 Å². The van der Waals surface area contributed by atoms with Gasteiger partial charge in [-0.05, 0) is 6.07 Å². The van der Waals surface area contributed by atoms with Crippen LogP contribution in [-0.4, -0.2) is 14.2 Å². The highest BCUT2D eigenvalue weighted by molar-refractivity contribution is 5.32. The molecule has 0 aliphatic carbocycles. The number of methoxy groups -OCH3 is 2. The lowest BCUT2D eigenvalue weighted by molar-refractivity contribution is 0.180. The van der Waals surface area contributed by atoms with E-state index in [1.54, 1.807) is 0 Å². The fourth-order valence-corrected chi connectivity index (χ4v) is 1.03. The molecule has 0 atom stereocenters. The molecule has 0 unspecified atom stereocenters. The van der Waals surface area contributed by atoms with Gasteiger partial charge in [0.05, 0.1) is 13.7 Å². The third kappa shape index (κ3) is 1.95. The molecule has 72 valence electrons. The van der Waals surface area contributed by atoms with Gasteiger partial charge in [-0.3, -0.25) is 0 Å². The SMILES string of the molecule is COCc1ccc(F)c(OC)c1F. The summed E-state index contributed by atoms with van der Waals surface area (Å²) in [5.74, 6) is -1.78. The van der Waals surface area contributed by atoms with Gasteiger partial charge < -0.3 is 9.47 Å². The van der Waals surface area contributed by atoms with Gasteiger partial charge in [0.2, 0.25) is 0 Å². The van der Waals surface area contributed by atoms with E-state index in [0.29, 0.717) is 0 Å². The molecule has 13 heavy (non-hydrogen) atoms.